The van der Waals surface area contributed by atoms with Crippen molar-refractivity contribution in [1.29, 1.82) is 0 Å². The van der Waals surface area contributed by atoms with E-state index in [0.717, 1.165) is 49.7 Å². The molecule has 0 aromatic carbocycles. The number of allylic oxidation sites excluding steroid dienone is 6. The van der Waals surface area contributed by atoms with E-state index < -0.39 is 0 Å². The van der Waals surface area contributed by atoms with E-state index >= 15 is 0 Å². The summed E-state index contributed by atoms with van der Waals surface area (Å²) in [5.74, 6) is 0.868. The molecule has 5 nitrogen and oxygen atoms in total. The van der Waals surface area contributed by atoms with Gasteiger partial charge in [-0.2, -0.15) is 0 Å². The van der Waals surface area contributed by atoms with Gasteiger partial charge in [0, 0.05) is 30.8 Å². The number of carbonyl (C=O) groups is 1. The summed E-state index contributed by atoms with van der Waals surface area (Å²) < 4.78 is 0. The molecule has 3 heterocycles. The van der Waals surface area contributed by atoms with Gasteiger partial charge in [-0.15, -0.1) is 0 Å². The Balaban J connectivity index is 1.66. The Morgan fingerprint density at radius 2 is 1.85 bits per heavy atom. The topological polar surface area (TPSA) is 57.3 Å². The van der Waals surface area contributed by atoms with E-state index in [0.29, 0.717) is 5.57 Å². The predicted octanol–water partition coefficient (Wildman–Crippen LogP) is 3.98. The van der Waals surface area contributed by atoms with E-state index in [-0.39, 0.29) is 5.91 Å². The minimum absolute atomic E-state index is 0.102. The summed E-state index contributed by atoms with van der Waals surface area (Å²) >= 11 is 0. The Hall–Kier alpha value is -2.82. The van der Waals surface area contributed by atoms with E-state index in [2.05, 4.69) is 20.5 Å². The predicted molar refractivity (Wildman–Crippen MR) is 111 cm³/mol. The highest BCUT2D eigenvalue weighted by Crippen LogP contribution is 2.38. The molecule has 1 saturated heterocycles. The molecule has 1 aromatic heterocycles. The number of nitrogens with one attached hydrogen (secondary N) is 2. The average molecular weight is 362 g/mol. The van der Waals surface area contributed by atoms with Crippen molar-refractivity contribution in [3.05, 3.63) is 59.9 Å². The molecule has 1 aliphatic carbocycles. The summed E-state index contributed by atoms with van der Waals surface area (Å²) in [5.41, 5.74) is 3.85. The van der Waals surface area contributed by atoms with E-state index in [1.807, 2.05) is 48.7 Å². The van der Waals surface area contributed by atoms with Gasteiger partial charge in [0.15, 0.2) is 0 Å². The van der Waals surface area contributed by atoms with Crippen LogP contribution < -0.4 is 15.5 Å². The quantitative estimate of drug-likeness (QED) is 0.854. The molecule has 0 saturated carbocycles. The Morgan fingerprint density at radius 3 is 2.74 bits per heavy atom. The highest BCUT2D eigenvalue weighted by molar-refractivity contribution is 6.08. The van der Waals surface area contributed by atoms with Gasteiger partial charge in [0.05, 0.1) is 17.6 Å². The van der Waals surface area contributed by atoms with Gasteiger partial charge in [-0.1, -0.05) is 30.4 Å². The van der Waals surface area contributed by atoms with Gasteiger partial charge >= 0.3 is 0 Å². The summed E-state index contributed by atoms with van der Waals surface area (Å²) in [7, 11) is 0. The molecule has 0 bridgehead atoms. The van der Waals surface area contributed by atoms with Crippen molar-refractivity contribution in [1.82, 2.24) is 4.98 Å². The fourth-order valence-electron chi connectivity index (χ4n) is 3.89. The lowest BCUT2D eigenvalue weighted by Crippen LogP contribution is -2.32. The van der Waals surface area contributed by atoms with E-state index in [4.69, 9.17) is 0 Å². The lowest BCUT2D eigenvalue weighted by atomic mass is 10.0. The third kappa shape index (κ3) is 3.97. The average Bonchev–Trinajstić information content (AvgIpc) is 2.68. The number of pyridine rings is 1. The molecule has 0 radical (unpaired) electrons. The number of hydrogen-bond donors (Lipinski definition) is 2. The molecule has 3 aliphatic rings. The van der Waals surface area contributed by atoms with Crippen LogP contribution in [0.5, 0.6) is 0 Å². The zero-order chi connectivity index (χ0) is 18.5. The second-order valence-electron chi connectivity index (χ2n) is 7.13. The van der Waals surface area contributed by atoms with Gasteiger partial charge in [0.2, 0.25) is 0 Å². The fraction of sp³-hybridized carbons (Fsp3) is 0.364. The van der Waals surface area contributed by atoms with Crippen LogP contribution in [0.2, 0.25) is 0 Å². The molecule has 1 aromatic rings. The number of nitrogens with zero attached hydrogens (tertiary/aromatic N) is 2. The number of carbonyl (C=O) groups excluding carboxylic acids is 1. The van der Waals surface area contributed by atoms with Crippen LogP contribution in [-0.4, -0.2) is 30.5 Å². The number of piperidine rings is 1. The number of rotatable bonds is 3. The minimum atomic E-state index is -0.102. The van der Waals surface area contributed by atoms with Gasteiger partial charge in [0.25, 0.3) is 5.91 Å². The van der Waals surface area contributed by atoms with Crippen LogP contribution in [0, 0.1) is 0 Å². The van der Waals surface area contributed by atoms with Gasteiger partial charge in [-0.3, -0.25) is 4.79 Å². The number of fused-ring (bicyclic) bond motifs is 1. The summed E-state index contributed by atoms with van der Waals surface area (Å²) in [4.78, 5) is 19.9. The largest absolute Gasteiger partial charge is 0.370 e. The van der Waals surface area contributed by atoms with Crippen molar-refractivity contribution in [2.75, 3.05) is 35.2 Å². The molecule has 4 rings (SSSR count). The molecule has 5 heteroatoms. The van der Waals surface area contributed by atoms with Crippen LogP contribution in [0.25, 0.3) is 0 Å². The first-order valence-corrected chi connectivity index (χ1v) is 9.87. The summed E-state index contributed by atoms with van der Waals surface area (Å²) in [6.07, 6.45) is 20.8. The van der Waals surface area contributed by atoms with Gasteiger partial charge in [-0.25, -0.2) is 4.98 Å². The van der Waals surface area contributed by atoms with Crippen molar-refractivity contribution < 1.29 is 4.79 Å². The van der Waals surface area contributed by atoms with Crippen LogP contribution in [0.3, 0.4) is 0 Å². The summed E-state index contributed by atoms with van der Waals surface area (Å²) in [5, 5.41) is 6.54. The Morgan fingerprint density at radius 1 is 1.04 bits per heavy atom. The van der Waals surface area contributed by atoms with E-state index in [1.165, 1.54) is 24.8 Å². The molecule has 27 heavy (non-hydrogen) atoms. The third-order valence-electron chi connectivity index (χ3n) is 5.22. The molecule has 0 spiro atoms. The molecule has 1 amide bonds. The zero-order valence-electron chi connectivity index (χ0n) is 15.6. The normalized spacial score (nSPS) is 18.8. The van der Waals surface area contributed by atoms with Crippen LogP contribution in [0.4, 0.5) is 17.2 Å². The first-order chi connectivity index (χ1) is 13.3. The van der Waals surface area contributed by atoms with Crippen molar-refractivity contribution in [3.8, 4) is 0 Å². The van der Waals surface area contributed by atoms with E-state index in [9.17, 15) is 4.79 Å². The van der Waals surface area contributed by atoms with Crippen LogP contribution in [0.15, 0.2) is 54.3 Å². The maximum Gasteiger partial charge on any atom is 0.255 e. The highest BCUT2D eigenvalue weighted by atomic mass is 16.1. The van der Waals surface area contributed by atoms with Crippen LogP contribution in [-0.2, 0) is 11.2 Å². The first-order valence-electron chi connectivity index (χ1n) is 9.87. The smallest absolute Gasteiger partial charge is 0.255 e. The maximum absolute atomic E-state index is 12.9. The SMILES string of the molecule is O=C(Nc1cnc2c(c1N1CCCCC1)CCCN2)C1=CC=CC=CC=C1. The van der Waals surface area contributed by atoms with Gasteiger partial charge in [-0.05, 0) is 44.3 Å². The number of aromatic nitrogens is 1. The standard InChI is InChI=1S/C22H26N4O/c27-22(17-10-5-2-1-3-6-11-17)25-19-16-24-21-18(12-9-13-23-21)20(19)26-14-7-4-8-15-26/h1-3,5-6,10-11,16H,4,7-9,12-15H2,(H,23,24)(H,25,27). The van der Waals surface area contributed by atoms with Crippen LogP contribution in [0.1, 0.15) is 31.2 Å². The molecule has 1 fully saturated rings. The summed E-state index contributed by atoms with van der Waals surface area (Å²) in [6, 6.07) is 0. The fourth-order valence-corrected chi connectivity index (χ4v) is 3.89. The second kappa shape index (κ2) is 8.25. The number of amides is 1. The van der Waals surface area contributed by atoms with Crippen LogP contribution >= 0.6 is 0 Å². The molecular weight excluding hydrogens is 336 g/mol. The Bertz CT molecular complexity index is 829. The van der Waals surface area contributed by atoms with Crippen molar-refractivity contribution in [3.63, 3.8) is 0 Å². The monoisotopic (exact) mass is 362 g/mol. The lowest BCUT2D eigenvalue weighted by Gasteiger charge is -2.34. The second-order valence-corrected chi connectivity index (χ2v) is 7.13. The number of hydrogen-bond acceptors (Lipinski definition) is 4. The van der Waals surface area contributed by atoms with Gasteiger partial charge in [0.1, 0.15) is 5.82 Å². The molecule has 2 aliphatic heterocycles. The summed E-state index contributed by atoms with van der Waals surface area (Å²) in [6.45, 7) is 3.04. The highest BCUT2D eigenvalue weighted by Gasteiger charge is 2.24. The van der Waals surface area contributed by atoms with Crippen molar-refractivity contribution >= 4 is 23.1 Å². The molecule has 2 N–H and O–H groups in total. The minimum Gasteiger partial charge on any atom is -0.370 e. The Kier molecular flexibility index (Phi) is 5.37. The molecule has 0 unspecified atom stereocenters. The lowest BCUT2D eigenvalue weighted by molar-refractivity contribution is -0.112. The third-order valence-corrected chi connectivity index (χ3v) is 5.22. The number of anilines is 3. The van der Waals surface area contributed by atoms with Gasteiger partial charge < -0.3 is 15.5 Å². The zero-order valence-corrected chi connectivity index (χ0v) is 15.6. The molecule has 140 valence electrons. The maximum atomic E-state index is 12.9. The van der Waals surface area contributed by atoms with E-state index in [1.54, 1.807) is 0 Å². The van der Waals surface area contributed by atoms with Crippen molar-refractivity contribution in [2.45, 2.75) is 32.1 Å². The van der Waals surface area contributed by atoms with Crippen molar-refractivity contribution in [2.24, 2.45) is 0 Å². The molecular formula is C22H26N4O. The Labute approximate surface area is 160 Å². The molecule has 0 atom stereocenters. The first kappa shape index (κ1) is 17.6.